The predicted octanol–water partition coefficient (Wildman–Crippen LogP) is 3.07. The molecule has 0 bridgehead atoms. The summed E-state index contributed by atoms with van der Waals surface area (Å²) < 4.78 is 0. The van der Waals surface area contributed by atoms with Crippen molar-refractivity contribution in [3.63, 3.8) is 0 Å². The summed E-state index contributed by atoms with van der Waals surface area (Å²) in [5, 5.41) is 4.43. The number of urea groups is 1. The van der Waals surface area contributed by atoms with Crippen LogP contribution < -0.4 is 15.4 Å². The molecule has 1 aliphatic heterocycles. The minimum absolute atomic E-state index is 0.0428. The molecule has 0 radical (unpaired) electrons. The molecule has 1 aliphatic rings. The molecule has 1 N–H and O–H groups in total. The van der Waals surface area contributed by atoms with Gasteiger partial charge in [0, 0.05) is 43.8 Å². The summed E-state index contributed by atoms with van der Waals surface area (Å²) in [6, 6.07) is 8.35. The minimum Gasteiger partial charge on any atom is -0.351 e. The monoisotopic (exact) mass is 383 g/mol. The summed E-state index contributed by atoms with van der Waals surface area (Å²) in [6.07, 6.45) is 3.43. The number of rotatable bonds is 3. The van der Waals surface area contributed by atoms with Gasteiger partial charge < -0.3 is 15.1 Å². The van der Waals surface area contributed by atoms with Crippen LogP contribution >= 0.6 is 0 Å². The Bertz CT molecular complexity index is 803. The maximum Gasteiger partial charge on any atom is 0.322 e. The van der Waals surface area contributed by atoms with Crippen LogP contribution in [0.5, 0.6) is 0 Å². The quantitative estimate of drug-likeness (QED) is 0.828. The predicted molar refractivity (Wildman–Crippen MR) is 114 cm³/mol. The SMILES string of the molecule is Cc1nccnc1N1CCN(C(=O)Nc2ccc([Si](C)(C)C)cc2)C(C)C1. The zero-order chi connectivity index (χ0) is 19.6. The second kappa shape index (κ2) is 7.68. The highest BCUT2D eigenvalue weighted by Gasteiger charge is 2.29. The van der Waals surface area contributed by atoms with Crippen LogP contribution in [0.4, 0.5) is 16.3 Å². The van der Waals surface area contributed by atoms with E-state index in [0.717, 1.165) is 30.3 Å². The molecule has 2 amide bonds. The highest BCUT2D eigenvalue weighted by Crippen LogP contribution is 2.20. The number of amides is 2. The Balaban J connectivity index is 1.62. The van der Waals surface area contributed by atoms with E-state index in [0.29, 0.717) is 6.54 Å². The molecule has 1 aromatic carbocycles. The van der Waals surface area contributed by atoms with Gasteiger partial charge in [-0.05, 0) is 26.0 Å². The zero-order valence-corrected chi connectivity index (χ0v) is 17.9. The first-order valence-electron chi connectivity index (χ1n) is 9.46. The second-order valence-corrected chi connectivity index (χ2v) is 13.3. The van der Waals surface area contributed by atoms with E-state index in [1.165, 1.54) is 5.19 Å². The van der Waals surface area contributed by atoms with E-state index in [-0.39, 0.29) is 12.1 Å². The fourth-order valence-corrected chi connectivity index (χ4v) is 4.58. The van der Waals surface area contributed by atoms with Gasteiger partial charge in [0.25, 0.3) is 0 Å². The lowest BCUT2D eigenvalue weighted by Crippen LogP contribution is -2.55. The van der Waals surface area contributed by atoms with Crippen LogP contribution in [0.2, 0.25) is 19.6 Å². The van der Waals surface area contributed by atoms with E-state index in [1.807, 2.05) is 24.0 Å². The van der Waals surface area contributed by atoms with Crippen molar-refractivity contribution >= 4 is 30.8 Å². The summed E-state index contributed by atoms with van der Waals surface area (Å²) in [4.78, 5) is 25.6. The number of anilines is 2. The third kappa shape index (κ3) is 4.47. The molecule has 1 saturated heterocycles. The van der Waals surface area contributed by atoms with Crippen LogP contribution in [0.3, 0.4) is 0 Å². The number of hydrogen-bond acceptors (Lipinski definition) is 4. The maximum absolute atomic E-state index is 12.7. The van der Waals surface area contributed by atoms with Gasteiger partial charge in [-0.1, -0.05) is 37.0 Å². The van der Waals surface area contributed by atoms with Gasteiger partial charge in [0.05, 0.1) is 13.8 Å². The zero-order valence-electron chi connectivity index (χ0n) is 16.9. The number of aromatic nitrogens is 2. The Labute approximate surface area is 162 Å². The highest BCUT2D eigenvalue weighted by atomic mass is 28.3. The Morgan fingerprint density at radius 3 is 2.37 bits per heavy atom. The van der Waals surface area contributed by atoms with Crippen LogP contribution in [-0.2, 0) is 0 Å². The molecular formula is C20H29N5OSi. The molecule has 7 heteroatoms. The molecule has 3 rings (SSSR count). The summed E-state index contributed by atoms with van der Waals surface area (Å²) in [7, 11) is -1.32. The Morgan fingerprint density at radius 1 is 1.11 bits per heavy atom. The van der Waals surface area contributed by atoms with E-state index in [2.05, 4.69) is 58.9 Å². The molecule has 0 saturated carbocycles. The largest absolute Gasteiger partial charge is 0.351 e. The number of piperazine rings is 1. The van der Waals surface area contributed by atoms with Gasteiger partial charge in [0.15, 0.2) is 0 Å². The highest BCUT2D eigenvalue weighted by molar-refractivity contribution is 6.88. The number of nitrogens with zero attached hydrogens (tertiary/aromatic N) is 4. The second-order valence-electron chi connectivity index (χ2n) is 8.21. The van der Waals surface area contributed by atoms with Gasteiger partial charge in [0.1, 0.15) is 5.82 Å². The summed E-state index contributed by atoms with van der Waals surface area (Å²) in [5.74, 6) is 0.909. The lowest BCUT2D eigenvalue weighted by Gasteiger charge is -2.40. The molecule has 6 nitrogen and oxygen atoms in total. The molecule has 2 aromatic rings. The number of aryl methyl sites for hydroxylation is 1. The van der Waals surface area contributed by atoms with Crippen molar-refractivity contribution in [1.82, 2.24) is 14.9 Å². The van der Waals surface area contributed by atoms with E-state index in [4.69, 9.17) is 0 Å². The fourth-order valence-electron chi connectivity index (χ4n) is 3.41. The van der Waals surface area contributed by atoms with Crippen LogP contribution in [0.25, 0.3) is 0 Å². The van der Waals surface area contributed by atoms with Crippen molar-refractivity contribution in [3.05, 3.63) is 42.4 Å². The standard InChI is InChI=1S/C20H29N5OSi/c1-15-14-24(19-16(2)21-10-11-22-19)12-13-25(15)20(26)23-17-6-8-18(9-7-17)27(3,4)5/h6-11,15H,12-14H2,1-5H3,(H,23,26). The lowest BCUT2D eigenvalue weighted by molar-refractivity contribution is 0.184. The van der Waals surface area contributed by atoms with Gasteiger partial charge >= 0.3 is 6.03 Å². The van der Waals surface area contributed by atoms with Crippen molar-refractivity contribution in [1.29, 1.82) is 0 Å². The van der Waals surface area contributed by atoms with Crippen molar-refractivity contribution in [2.75, 3.05) is 29.9 Å². The average molecular weight is 384 g/mol. The molecule has 144 valence electrons. The first kappa shape index (κ1) is 19.4. The lowest BCUT2D eigenvalue weighted by atomic mass is 10.2. The van der Waals surface area contributed by atoms with Crippen LogP contribution in [0, 0.1) is 6.92 Å². The number of carbonyl (C=O) groups excluding carboxylic acids is 1. The van der Waals surface area contributed by atoms with E-state index in [9.17, 15) is 4.79 Å². The fraction of sp³-hybridized carbons (Fsp3) is 0.450. The molecule has 2 heterocycles. The summed E-state index contributed by atoms with van der Waals surface area (Å²) in [5.41, 5.74) is 1.77. The number of carbonyl (C=O) groups is 1. The molecule has 0 aliphatic carbocycles. The van der Waals surface area contributed by atoms with Crippen LogP contribution in [0.1, 0.15) is 12.6 Å². The summed E-state index contributed by atoms with van der Waals surface area (Å²) in [6.45, 7) is 13.2. The maximum atomic E-state index is 12.7. The normalized spacial score (nSPS) is 17.7. The van der Waals surface area contributed by atoms with Crippen molar-refractivity contribution in [2.45, 2.75) is 39.5 Å². The smallest absolute Gasteiger partial charge is 0.322 e. The molecule has 1 fully saturated rings. The Kier molecular flexibility index (Phi) is 5.50. The van der Waals surface area contributed by atoms with E-state index >= 15 is 0 Å². The average Bonchev–Trinajstić information content (AvgIpc) is 2.61. The van der Waals surface area contributed by atoms with Gasteiger partial charge in [-0.15, -0.1) is 0 Å². The molecule has 1 unspecified atom stereocenters. The molecule has 27 heavy (non-hydrogen) atoms. The van der Waals surface area contributed by atoms with Gasteiger partial charge in [-0.25, -0.2) is 9.78 Å². The molecule has 1 atom stereocenters. The van der Waals surface area contributed by atoms with Gasteiger partial charge in [-0.2, -0.15) is 0 Å². The number of hydrogen-bond donors (Lipinski definition) is 1. The topological polar surface area (TPSA) is 61.4 Å². The minimum atomic E-state index is -1.32. The third-order valence-corrected chi connectivity index (χ3v) is 7.11. The number of benzene rings is 1. The van der Waals surface area contributed by atoms with E-state index < -0.39 is 8.07 Å². The van der Waals surface area contributed by atoms with Gasteiger partial charge in [0.2, 0.25) is 0 Å². The first-order valence-corrected chi connectivity index (χ1v) is 13.0. The number of nitrogens with one attached hydrogen (secondary N) is 1. The van der Waals surface area contributed by atoms with Crippen molar-refractivity contribution < 1.29 is 4.79 Å². The Morgan fingerprint density at radius 2 is 1.78 bits per heavy atom. The molecule has 1 aromatic heterocycles. The third-order valence-electron chi connectivity index (χ3n) is 5.05. The summed E-state index contributed by atoms with van der Waals surface area (Å²) >= 11 is 0. The molecular weight excluding hydrogens is 354 g/mol. The van der Waals surface area contributed by atoms with Crippen molar-refractivity contribution in [2.24, 2.45) is 0 Å². The van der Waals surface area contributed by atoms with Crippen molar-refractivity contribution in [3.8, 4) is 0 Å². The van der Waals surface area contributed by atoms with Crippen LogP contribution in [0.15, 0.2) is 36.7 Å². The Hall–Kier alpha value is -2.41. The van der Waals surface area contributed by atoms with E-state index in [1.54, 1.807) is 12.4 Å². The molecule has 0 spiro atoms. The van der Waals surface area contributed by atoms with Crippen LogP contribution in [-0.4, -0.2) is 54.6 Å². The first-order chi connectivity index (χ1) is 12.8. The van der Waals surface area contributed by atoms with Gasteiger partial charge in [-0.3, -0.25) is 4.98 Å².